The largest absolute Gasteiger partial charge is 0.509 e. The van der Waals surface area contributed by atoms with Crippen molar-refractivity contribution in [1.82, 2.24) is 0 Å². The van der Waals surface area contributed by atoms with Crippen molar-refractivity contribution in [2.45, 2.75) is 26.7 Å². The summed E-state index contributed by atoms with van der Waals surface area (Å²) in [6, 6.07) is 0. The molecule has 19 heavy (non-hydrogen) atoms. The fourth-order valence-corrected chi connectivity index (χ4v) is 2.76. The summed E-state index contributed by atoms with van der Waals surface area (Å²) in [5, 5.41) is 19.2. The Balaban J connectivity index is 2.24. The summed E-state index contributed by atoms with van der Waals surface area (Å²) in [5.74, 6) is -3.29. The zero-order valence-corrected chi connectivity index (χ0v) is 10.6. The predicted molar refractivity (Wildman–Crippen MR) is 65.8 cm³/mol. The maximum Gasteiger partial charge on any atom is 0.203 e. The van der Waals surface area contributed by atoms with Crippen LogP contribution in [-0.2, 0) is 12.8 Å². The highest BCUT2D eigenvalue weighted by molar-refractivity contribution is 5.71. The van der Waals surface area contributed by atoms with Gasteiger partial charge >= 0.3 is 0 Å². The molecule has 2 unspecified atom stereocenters. The molecule has 0 saturated heterocycles. The van der Waals surface area contributed by atoms with Crippen LogP contribution < -0.4 is 0 Å². The molecular weight excluding hydrogens is 254 g/mol. The molecule has 2 atom stereocenters. The lowest BCUT2D eigenvalue weighted by Gasteiger charge is -2.20. The minimum atomic E-state index is -0.830. The van der Waals surface area contributed by atoms with Crippen molar-refractivity contribution < 1.29 is 23.4 Å². The first-order chi connectivity index (χ1) is 8.91. The number of aliphatic hydroxyl groups is 2. The van der Waals surface area contributed by atoms with Crippen LogP contribution in [0, 0.1) is 11.8 Å². The van der Waals surface area contributed by atoms with Gasteiger partial charge in [0, 0.05) is 23.0 Å². The fraction of sp³-hybridized carbons (Fsp3) is 0.429. The molecule has 3 rings (SSSR count). The highest BCUT2D eigenvalue weighted by atomic mass is 19.1. The Labute approximate surface area is 108 Å². The standard InChI is InChI=1S/C14H14F2O3/c1-5-3-7-8-4-6(2)12(18)10(16)14(8)19-13(7)9(15)11(5)17/h5-6,17-18H,3-4H2,1-2H3. The van der Waals surface area contributed by atoms with Crippen molar-refractivity contribution in [2.24, 2.45) is 11.8 Å². The van der Waals surface area contributed by atoms with Crippen molar-refractivity contribution in [1.29, 1.82) is 0 Å². The van der Waals surface area contributed by atoms with E-state index in [4.69, 9.17) is 4.42 Å². The van der Waals surface area contributed by atoms with Gasteiger partial charge in [0.25, 0.3) is 0 Å². The summed E-state index contributed by atoms with van der Waals surface area (Å²) in [6.07, 6.45) is 0.822. The van der Waals surface area contributed by atoms with Crippen molar-refractivity contribution in [3.63, 3.8) is 0 Å². The normalized spacial score (nSPS) is 26.5. The van der Waals surface area contributed by atoms with E-state index >= 15 is 0 Å². The van der Waals surface area contributed by atoms with E-state index in [1.165, 1.54) is 0 Å². The van der Waals surface area contributed by atoms with Crippen molar-refractivity contribution in [3.8, 4) is 0 Å². The molecule has 0 spiro atoms. The van der Waals surface area contributed by atoms with Gasteiger partial charge in [-0.15, -0.1) is 0 Å². The van der Waals surface area contributed by atoms with E-state index in [9.17, 15) is 19.0 Å². The summed E-state index contributed by atoms with van der Waals surface area (Å²) < 4.78 is 33.1. The first-order valence-electron chi connectivity index (χ1n) is 6.24. The Kier molecular flexibility index (Phi) is 2.49. The second-order valence-corrected chi connectivity index (χ2v) is 5.33. The highest BCUT2D eigenvalue weighted by Crippen LogP contribution is 2.45. The smallest absolute Gasteiger partial charge is 0.203 e. The average molecular weight is 268 g/mol. The third-order valence-corrected chi connectivity index (χ3v) is 3.92. The lowest BCUT2D eigenvalue weighted by molar-refractivity contribution is 0.320. The molecule has 1 heterocycles. The molecule has 3 nitrogen and oxygen atoms in total. The Hall–Kier alpha value is -1.78. The number of hydrogen-bond acceptors (Lipinski definition) is 3. The summed E-state index contributed by atoms with van der Waals surface area (Å²) in [4.78, 5) is 0. The molecule has 0 aromatic carbocycles. The molecule has 0 radical (unpaired) electrons. The van der Waals surface area contributed by atoms with Gasteiger partial charge < -0.3 is 14.6 Å². The van der Waals surface area contributed by atoms with Crippen LogP contribution in [0.1, 0.15) is 36.5 Å². The molecule has 2 N–H and O–H groups in total. The van der Waals surface area contributed by atoms with E-state index in [1.807, 2.05) is 0 Å². The zero-order chi connectivity index (χ0) is 13.9. The van der Waals surface area contributed by atoms with Gasteiger partial charge in [-0.3, -0.25) is 0 Å². The van der Waals surface area contributed by atoms with E-state index in [2.05, 4.69) is 0 Å². The van der Waals surface area contributed by atoms with Gasteiger partial charge in [-0.1, -0.05) is 13.8 Å². The quantitative estimate of drug-likeness (QED) is 0.746. The SMILES string of the molecule is CC1Cc2c(oc3c2CC(C)C(O)=C3F)C(F)=C1O. The summed E-state index contributed by atoms with van der Waals surface area (Å²) in [7, 11) is 0. The molecule has 5 heteroatoms. The lowest BCUT2D eigenvalue weighted by atomic mass is 9.84. The topological polar surface area (TPSA) is 53.6 Å². The molecule has 0 bridgehead atoms. The van der Waals surface area contributed by atoms with Crippen molar-refractivity contribution in [2.75, 3.05) is 0 Å². The van der Waals surface area contributed by atoms with Crippen LogP contribution in [-0.4, -0.2) is 10.2 Å². The first kappa shape index (κ1) is 12.3. The van der Waals surface area contributed by atoms with Gasteiger partial charge in [0.2, 0.25) is 11.7 Å². The minimum Gasteiger partial charge on any atom is -0.509 e. The van der Waals surface area contributed by atoms with Gasteiger partial charge in [0.05, 0.1) is 0 Å². The monoisotopic (exact) mass is 268 g/mol. The van der Waals surface area contributed by atoms with E-state index in [0.717, 1.165) is 0 Å². The molecule has 0 aliphatic heterocycles. The Morgan fingerprint density at radius 2 is 1.26 bits per heavy atom. The van der Waals surface area contributed by atoms with Crippen LogP contribution >= 0.6 is 0 Å². The molecule has 0 amide bonds. The van der Waals surface area contributed by atoms with Gasteiger partial charge in [-0.05, 0) is 12.8 Å². The van der Waals surface area contributed by atoms with E-state index < -0.39 is 11.7 Å². The number of aliphatic hydroxyl groups excluding tert-OH is 2. The van der Waals surface area contributed by atoms with Crippen molar-refractivity contribution >= 4 is 11.7 Å². The summed E-state index contributed by atoms with van der Waals surface area (Å²) >= 11 is 0. The number of halogens is 2. The zero-order valence-electron chi connectivity index (χ0n) is 10.6. The van der Waals surface area contributed by atoms with Crippen LogP contribution in [0.2, 0.25) is 0 Å². The maximum atomic E-state index is 14.0. The molecule has 2 aliphatic rings. The second-order valence-electron chi connectivity index (χ2n) is 5.33. The summed E-state index contributed by atoms with van der Waals surface area (Å²) in [6.45, 7) is 3.40. The number of fused-ring (bicyclic) bond motifs is 3. The third-order valence-electron chi connectivity index (χ3n) is 3.92. The number of allylic oxidation sites excluding steroid dienone is 2. The average Bonchev–Trinajstić information content (AvgIpc) is 2.73. The molecule has 2 aliphatic carbocycles. The van der Waals surface area contributed by atoms with E-state index in [0.29, 0.717) is 24.0 Å². The number of furan rings is 1. The summed E-state index contributed by atoms with van der Waals surface area (Å²) in [5.41, 5.74) is 1.21. The van der Waals surface area contributed by atoms with Gasteiger partial charge in [0.1, 0.15) is 11.5 Å². The third kappa shape index (κ3) is 1.54. The number of hydrogen-bond donors (Lipinski definition) is 2. The van der Waals surface area contributed by atoms with Crippen LogP contribution in [0.15, 0.2) is 15.9 Å². The van der Waals surface area contributed by atoms with Crippen LogP contribution in [0.5, 0.6) is 0 Å². The molecule has 0 saturated carbocycles. The van der Waals surface area contributed by atoms with Gasteiger partial charge in [-0.2, -0.15) is 8.78 Å². The molecule has 102 valence electrons. The van der Waals surface area contributed by atoms with Crippen LogP contribution in [0.3, 0.4) is 0 Å². The van der Waals surface area contributed by atoms with Gasteiger partial charge in [-0.25, -0.2) is 0 Å². The Morgan fingerprint density at radius 1 is 0.895 bits per heavy atom. The molecule has 0 fully saturated rings. The van der Waals surface area contributed by atoms with Crippen LogP contribution in [0.4, 0.5) is 8.78 Å². The van der Waals surface area contributed by atoms with Crippen molar-refractivity contribution in [3.05, 3.63) is 34.2 Å². The number of rotatable bonds is 0. The minimum absolute atomic E-state index is 0.0994. The highest BCUT2D eigenvalue weighted by Gasteiger charge is 2.37. The second kappa shape index (κ2) is 3.85. The first-order valence-corrected chi connectivity index (χ1v) is 6.24. The lowest BCUT2D eigenvalue weighted by Crippen LogP contribution is -2.15. The van der Waals surface area contributed by atoms with E-state index in [-0.39, 0.29) is 34.9 Å². The van der Waals surface area contributed by atoms with Crippen LogP contribution in [0.25, 0.3) is 11.7 Å². The molecule has 1 aromatic rings. The molecule has 1 aromatic heterocycles. The van der Waals surface area contributed by atoms with E-state index in [1.54, 1.807) is 13.8 Å². The predicted octanol–water partition coefficient (Wildman–Crippen LogP) is 4.06. The Bertz CT molecular complexity index is 572. The Morgan fingerprint density at radius 3 is 1.63 bits per heavy atom. The van der Waals surface area contributed by atoms with Gasteiger partial charge in [0.15, 0.2) is 11.5 Å². The molecular formula is C14H14F2O3. The maximum absolute atomic E-state index is 14.0. The fourth-order valence-electron chi connectivity index (χ4n) is 2.76.